The fourth-order valence-electron chi connectivity index (χ4n) is 4.62. The van der Waals surface area contributed by atoms with E-state index in [2.05, 4.69) is 15.3 Å². The number of nitrogens with one attached hydrogen (secondary N) is 1. The van der Waals surface area contributed by atoms with Crippen molar-refractivity contribution in [3.8, 4) is 11.5 Å². The number of hydrogen-bond donors (Lipinski definition) is 2. The number of anilines is 1. The molecule has 210 valence electrons. The molecule has 1 fully saturated rings. The molecule has 1 aliphatic heterocycles. The Morgan fingerprint density at radius 1 is 1.23 bits per heavy atom. The zero-order valence-electron chi connectivity index (χ0n) is 22.8. The standard InChI is InChI=1S/C28H33F3N4O4/c1-15(18-8-7-9-20(25(18)29)28(30,31)27(3,4)37)32-26-19-12-23(39-14-17-10-11-24(36)35(17)5)22(38-6)13-21(19)33-16(2)34-26/h7-9,12-13,15,17,37H,10-11,14H2,1-6H3,(H,32,33,34)/t15-,17+/m1/s1. The average molecular weight is 547 g/mol. The lowest BCUT2D eigenvalue weighted by molar-refractivity contribution is -0.170. The Bertz CT molecular complexity index is 1390. The molecule has 4 rings (SSSR count). The second kappa shape index (κ2) is 10.5. The van der Waals surface area contributed by atoms with Crippen LogP contribution in [0, 0.1) is 12.7 Å². The number of methoxy groups -OCH3 is 1. The summed E-state index contributed by atoms with van der Waals surface area (Å²) in [6, 6.07) is 6.27. The molecule has 11 heteroatoms. The summed E-state index contributed by atoms with van der Waals surface area (Å²) < 4.78 is 56.6. The number of rotatable bonds is 9. The van der Waals surface area contributed by atoms with Crippen LogP contribution >= 0.6 is 0 Å². The number of aryl methyl sites for hydroxylation is 1. The van der Waals surface area contributed by atoms with Crippen LogP contribution in [0.5, 0.6) is 11.5 Å². The van der Waals surface area contributed by atoms with Gasteiger partial charge in [0.2, 0.25) is 5.91 Å². The first-order chi connectivity index (χ1) is 18.2. The number of fused-ring (bicyclic) bond motifs is 1. The van der Waals surface area contributed by atoms with E-state index in [0.717, 1.165) is 19.9 Å². The summed E-state index contributed by atoms with van der Waals surface area (Å²) in [5, 5.41) is 13.6. The fraction of sp³-hybridized carbons (Fsp3) is 0.464. The Morgan fingerprint density at radius 2 is 1.95 bits per heavy atom. The van der Waals surface area contributed by atoms with Crippen LogP contribution in [0.15, 0.2) is 30.3 Å². The highest BCUT2D eigenvalue weighted by molar-refractivity contribution is 5.92. The molecule has 2 aromatic carbocycles. The number of alkyl halides is 2. The molecule has 39 heavy (non-hydrogen) atoms. The molecule has 0 bridgehead atoms. The van der Waals surface area contributed by atoms with Gasteiger partial charge >= 0.3 is 5.92 Å². The number of hydrogen-bond acceptors (Lipinski definition) is 7. The van der Waals surface area contributed by atoms with Crippen molar-refractivity contribution in [1.82, 2.24) is 14.9 Å². The molecule has 1 saturated heterocycles. The normalized spacial score (nSPS) is 17.0. The monoisotopic (exact) mass is 546 g/mol. The van der Waals surface area contributed by atoms with Gasteiger partial charge in [-0.3, -0.25) is 4.79 Å². The highest BCUT2D eigenvalue weighted by atomic mass is 19.3. The fourth-order valence-corrected chi connectivity index (χ4v) is 4.62. The van der Waals surface area contributed by atoms with Crippen LogP contribution in [0.2, 0.25) is 0 Å². The highest BCUT2D eigenvalue weighted by Gasteiger charge is 2.49. The van der Waals surface area contributed by atoms with Crippen LogP contribution in [0.4, 0.5) is 19.0 Å². The minimum Gasteiger partial charge on any atom is -0.493 e. The Kier molecular flexibility index (Phi) is 7.66. The van der Waals surface area contributed by atoms with Gasteiger partial charge in [0.25, 0.3) is 0 Å². The molecule has 8 nitrogen and oxygen atoms in total. The van der Waals surface area contributed by atoms with Crippen molar-refractivity contribution in [2.75, 3.05) is 26.1 Å². The van der Waals surface area contributed by atoms with Gasteiger partial charge in [-0.2, -0.15) is 8.78 Å². The van der Waals surface area contributed by atoms with Gasteiger partial charge in [0.1, 0.15) is 29.7 Å². The van der Waals surface area contributed by atoms with E-state index in [1.54, 1.807) is 37.9 Å². The Balaban J connectivity index is 1.68. The summed E-state index contributed by atoms with van der Waals surface area (Å²) in [7, 11) is 3.25. The SMILES string of the molecule is COc1cc2nc(C)nc(N[C@H](C)c3cccc(C(F)(F)C(C)(C)O)c3F)c2cc1OC[C@@H]1CCC(=O)N1C. The second-order valence-electron chi connectivity index (χ2n) is 10.4. The molecule has 0 saturated carbocycles. The van der Waals surface area contributed by atoms with E-state index in [-0.39, 0.29) is 24.1 Å². The lowest BCUT2D eigenvalue weighted by atomic mass is 9.91. The Morgan fingerprint density at radius 3 is 2.56 bits per heavy atom. The summed E-state index contributed by atoms with van der Waals surface area (Å²) in [5.41, 5.74) is -2.82. The number of nitrogens with zero attached hydrogens (tertiary/aromatic N) is 3. The van der Waals surface area contributed by atoms with Crippen LogP contribution < -0.4 is 14.8 Å². The van der Waals surface area contributed by atoms with Crippen LogP contribution in [-0.2, 0) is 10.7 Å². The zero-order valence-corrected chi connectivity index (χ0v) is 22.8. The topological polar surface area (TPSA) is 96.8 Å². The largest absolute Gasteiger partial charge is 0.493 e. The van der Waals surface area contributed by atoms with E-state index in [9.17, 15) is 18.7 Å². The molecule has 0 radical (unpaired) electrons. The second-order valence-corrected chi connectivity index (χ2v) is 10.4. The molecule has 0 spiro atoms. The first-order valence-corrected chi connectivity index (χ1v) is 12.6. The summed E-state index contributed by atoms with van der Waals surface area (Å²) in [6.45, 7) is 5.47. The van der Waals surface area contributed by atoms with Crippen LogP contribution in [0.1, 0.15) is 56.6 Å². The summed E-state index contributed by atoms with van der Waals surface area (Å²) in [4.78, 5) is 22.5. The summed E-state index contributed by atoms with van der Waals surface area (Å²) in [5.74, 6) is -3.22. The maximum Gasteiger partial charge on any atom is 0.303 e. The van der Waals surface area contributed by atoms with Gasteiger partial charge in [-0.1, -0.05) is 12.1 Å². The number of ether oxygens (including phenoxy) is 2. The first-order valence-electron chi connectivity index (χ1n) is 12.6. The molecule has 3 aromatic rings. The number of likely N-dealkylation sites (tertiary alicyclic amines) is 1. The van der Waals surface area contributed by atoms with E-state index in [0.29, 0.717) is 46.9 Å². The molecule has 1 aromatic heterocycles. The molecular weight excluding hydrogens is 513 g/mol. The van der Waals surface area contributed by atoms with Gasteiger partial charge in [-0.15, -0.1) is 0 Å². The first kappa shape index (κ1) is 28.4. The maximum absolute atomic E-state index is 15.4. The van der Waals surface area contributed by atoms with E-state index in [4.69, 9.17) is 9.47 Å². The molecule has 2 atom stereocenters. The van der Waals surface area contributed by atoms with Crippen LogP contribution in [0.3, 0.4) is 0 Å². The molecule has 2 N–H and O–H groups in total. The zero-order chi connectivity index (χ0) is 28.7. The van der Waals surface area contributed by atoms with E-state index in [1.165, 1.54) is 19.2 Å². The van der Waals surface area contributed by atoms with E-state index < -0.39 is 28.9 Å². The van der Waals surface area contributed by atoms with Crippen molar-refractivity contribution >= 4 is 22.6 Å². The molecule has 0 aliphatic carbocycles. The summed E-state index contributed by atoms with van der Waals surface area (Å²) >= 11 is 0. The number of benzene rings is 2. The van der Waals surface area contributed by atoms with Crippen molar-refractivity contribution in [1.29, 1.82) is 0 Å². The number of amides is 1. The molecular formula is C28H33F3N4O4. The van der Waals surface area contributed by atoms with Crippen molar-refractivity contribution in [3.63, 3.8) is 0 Å². The van der Waals surface area contributed by atoms with Gasteiger partial charge in [-0.25, -0.2) is 14.4 Å². The number of carbonyl (C=O) groups excluding carboxylic acids is 1. The van der Waals surface area contributed by atoms with Crippen molar-refractivity contribution in [2.45, 2.75) is 64.1 Å². The van der Waals surface area contributed by atoms with Crippen molar-refractivity contribution in [2.24, 2.45) is 0 Å². The quantitative estimate of drug-likeness (QED) is 0.385. The number of carbonyl (C=O) groups is 1. The van der Waals surface area contributed by atoms with Gasteiger partial charge in [-0.05, 0) is 46.2 Å². The third-order valence-electron chi connectivity index (χ3n) is 7.11. The van der Waals surface area contributed by atoms with Crippen LogP contribution in [-0.4, -0.2) is 58.3 Å². The third-order valence-corrected chi connectivity index (χ3v) is 7.11. The van der Waals surface area contributed by atoms with Gasteiger partial charge in [0.05, 0.1) is 30.3 Å². The number of halogens is 3. The maximum atomic E-state index is 15.4. The summed E-state index contributed by atoms with van der Waals surface area (Å²) in [6.07, 6.45) is 1.16. The molecule has 0 unspecified atom stereocenters. The number of aromatic nitrogens is 2. The predicted molar refractivity (Wildman–Crippen MR) is 141 cm³/mol. The minimum absolute atomic E-state index is 0.0141. The Labute approximate surface area is 225 Å². The van der Waals surface area contributed by atoms with E-state index >= 15 is 4.39 Å². The Hall–Kier alpha value is -3.60. The van der Waals surface area contributed by atoms with Gasteiger partial charge in [0.15, 0.2) is 11.5 Å². The van der Waals surface area contributed by atoms with Crippen molar-refractivity contribution in [3.05, 3.63) is 53.1 Å². The molecule has 1 aliphatic rings. The van der Waals surface area contributed by atoms with Crippen LogP contribution in [0.25, 0.3) is 10.9 Å². The average Bonchev–Trinajstić information content (AvgIpc) is 3.18. The number of likely N-dealkylation sites (N-methyl/N-ethyl adjacent to an activating group) is 1. The third kappa shape index (κ3) is 5.45. The van der Waals surface area contributed by atoms with Crippen molar-refractivity contribution < 1.29 is 32.5 Å². The lowest BCUT2D eigenvalue weighted by Gasteiger charge is -2.30. The lowest BCUT2D eigenvalue weighted by Crippen LogP contribution is -2.41. The smallest absolute Gasteiger partial charge is 0.303 e. The highest BCUT2D eigenvalue weighted by Crippen LogP contribution is 2.42. The van der Waals surface area contributed by atoms with Gasteiger partial charge in [0, 0.05) is 30.5 Å². The molecule has 1 amide bonds. The number of aliphatic hydroxyl groups is 1. The van der Waals surface area contributed by atoms with Gasteiger partial charge < -0.3 is 24.8 Å². The van der Waals surface area contributed by atoms with E-state index in [1.807, 2.05) is 0 Å². The predicted octanol–water partition coefficient (Wildman–Crippen LogP) is 5.12. The molecule has 2 heterocycles. The minimum atomic E-state index is -3.81.